The van der Waals surface area contributed by atoms with Gasteiger partial charge in [0.15, 0.2) is 0 Å². The van der Waals surface area contributed by atoms with Gasteiger partial charge in [-0.1, -0.05) is 31.5 Å². The summed E-state index contributed by atoms with van der Waals surface area (Å²) in [5.41, 5.74) is 0.929. The third kappa shape index (κ3) is 7.59. The van der Waals surface area contributed by atoms with Crippen molar-refractivity contribution >= 4 is 17.5 Å². The van der Waals surface area contributed by atoms with Crippen molar-refractivity contribution in [2.75, 3.05) is 26.0 Å². The van der Waals surface area contributed by atoms with Crippen LogP contribution in [0.3, 0.4) is 0 Å². The highest BCUT2D eigenvalue weighted by atomic mass is 32.2. The number of aliphatic hydroxyl groups is 1. The molecule has 1 aromatic rings. The molecule has 1 rings (SSSR count). The largest absolute Gasteiger partial charge is 0.390 e. The van der Waals surface area contributed by atoms with Crippen LogP contribution in [0.5, 0.6) is 0 Å². The number of hydrogen-bond donors (Lipinski definition) is 1. The maximum absolute atomic E-state index is 12.2. The SMILES string of the molecule is Cc1ccc(S(=O)(=O)OCC(O)CP(C)(=O)OCC(C)C)cc1. The third-order valence-corrected chi connectivity index (χ3v) is 6.02. The van der Waals surface area contributed by atoms with Gasteiger partial charge in [-0.2, -0.15) is 8.42 Å². The van der Waals surface area contributed by atoms with Crippen LogP contribution < -0.4 is 0 Å². The molecule has 0 heterocycles. The number of hydrogen-bond acceptors (Lipinski definition) is 6. The maximum Gasteiger partial charge on any atom is 0.297 e. The molecule has 0 spiro atoms. The summed E-state index contributed by atoms with van der Waals surface area (Å²) < 4.78 is 46.3. The Morgan fingerprint density at radius 3 is 2.26 bits per heavy atom. The zero-order valence-electron chi connectivity index (χ0n) is 13.9. The van der Waals surface area contributed by atoms with Gasteiger partial charge in [0, 0.05) is 6.66 Å². The summed E-state index contributed by atoms with van der Waals surface area (Å²) in [5, 5.41) is 9.86. The lowest BCUT2D eigenvalue weighted by Crippen LogP contribution is -2.23. The van der Waals surface area contributed by atoms with Crippen molar-refractivity contribution in [3.63, 3.8) is 0 Å². The van der Waals surface area contributed by atoms with Crippen LogP contribution in [0.4, 0.5) is 0 Å². The van der Waals surface area contributed by atoms with Gasteiger partial charge in [0.05, 0.1) is 30.4 Å². The Bertz CT molecular complexity index is 638. The van der Waals surface area contributed by atoms with Crippen LogP contribution in [0.1, 0.15) is 19.4 Å². The highest BCUT2D eigenvalue weighted by molar-refractivity contribution is 7.86. The highest BCUT2D eigenvalue weighted by Gasteiger charge is 2.24. The molecule has 2 atom stereocenters. The first-order chi connectivity index (χ1) is 10.5. The minimum atomic E-state index is -3.94. The van der Waals surface area contributed by atoms with E-state index >= 15 is 0 Å². The van der Waals surface area contributed by atoms with Gasteiger partial charge in [-0.25, -0.2) is 0 Å². The van der Waals surface area contributed by atoms with Crippen molar-refractivity contribution in [1.29, 1.82) is 0 Å². The summed E-state index contributed by atoms with van der Waals surface area (Å²) in [6, 6.07) is 6.19. The lowest BCUT2D eigenvalue weighted by molar-refractivity contribution is 0.124. The van der Waals surface area contributed by atoms with E-state index in [-0.39, 0.29) is 17.0 Å². The smallest absolute Gasteiger partial charge is 0.297 e. The van der Waals surface area contributed by atoms with Gasteiger partial charge in [-0.05, 0) is 25.0 Å². The van der Waals surface area contributed by atoms with E-state index < -0.39 is 30.2 Å². The van der Waals surface area contributed by atoms with Gasteiger partial charge in [-0.3, -0.25) is 8.75 Å². The summed E-state index contributed by atoms with van der Waals surface area (Å²) in [7, 11) is -6.93. The van der Waals surface area contributed by atoms with E-state index in [1.165, 1.54) is 18.8 Å². The summed E-state index contributed by atoms with van der Waals surface area (Å²) in [6.07, 6.45) is -1.33. The number of rotatable bonds is 9. The van der Waals surface area contributed by atoms with Crippen LogP contribution in [-0.2, 0) is 23.4 Å². The Balaban J connectivity index is 2.56. The van der Waals surface area contributed by atoms with Crippen molar-refractivity contribution < 1.29 is 26.8 Å². The van der Waals surface area contributed by atoms with E-state index in [9.17, 15) is 18.1 Å². The molecule has 132 valence electrons. The zero-order valence-corrected chi connectivity index (χ0v) is 15.6. The van der Waals surface area contributed by atoms with E-state index in [2.05, 4.69) is 0 Å². The zero-order chi connectivity index (χ0) is 17.7. The van der Waals surface area contributed by atoms with Gasteiger partial charge in [-0.15, -0.1) is 0 Å². The highest BCUT2D eigenvalue weighted by Crippen LogP contribution is 2.43. The molecule has 23 heavy (non-hydrogen) atoms. The van der Waals surface area contributed by atoms with Gasteiger partial charge in [0.2, 0.25) is 7.37 Å². The topological polar surface area (TPSA) is 89.9 Å². The number of aryl methyl sites for hydroxylation is 1. The lowest BCUT2D eigenvalue weighted by Gasteiger charge is -2.18. The van der Waals surface area contributed by atoms with Crippen LogP contribution in [0.2, 0.25) is 0 Å². The summed E-state index contributed by atoms with van der Waals surface area (Å²) >= 11 is 0. The molecule has 0 fully saturated rings. The average Bonchev–Trinajstić information content (AvgIpc) is 2.43. The molecule has 2 unspecified atom stereocenters. The average molecular weight is 364 g/mol. The van der Waals surface area contributed by atoms with Crippen LogP contribution in [-0.4, -0.2) is 45.7 Å². The van der Waals surface area contributed by atoms with Crippen LogP contribution in [0.15, 0.2) is 29.2 Å². The molecule has 1 N–H and O–H groups in total. The second-order valence-corrected chi connectivity index (χ2v) is 10.4. The third-order valence-electron chi connectivity index (χ3n) is 2.95. The fraction of sp³-hybridized carbons (Fsp3) is 0.600. The summed E-state index contributed by atoms with van der Waals surface area (Å²) in [4.78, 5) is 0.0195. The Hall–Kier alpha value is -0.720. The van der Waals surface area contributed by atoms with Crippen molar-refractivity contribution in [2.24, 2.45) is 5.92 Å². The molecule has 0 aliphatic heterocycles. The first-order valence-electron chi connectivity index (χ1n) is 7.37. The first-order valence-corrected chi connectivity index (χ1v) is 11.0. The van der Waals surface area contributed by atoms with E-state index in [4.69, 9.17) is 8.71 Å². The summed E-state index contributed by atoms with van der Waals surface area (Å²) in [6.45, 7) is 6.98. The fourth-order valence-corrected chi connectivity index (χ4v) is 4.27. The molecular formula is C15H25O6PS. The van der Waals surface area contributed by atoms with Gasteiger partial charge in [0.25, 0.3) is 10.1 Å². The van der Waals surface area contributed by atoms with Gasteiger partial charge >= 0.3 is 0 Å². The molecule has 1 aromatic carbocycles. The van der Waals surface area contributed by atoms with Gasteiger partial charge in [0.1, 0.15) is 0 Å². The van der Waals surface area contributed by atoms with E-state index in [0.717, 1.165) is 5.56 Å². The van der Waals surface area contributed by atoms with Crippen LogP contribution in [0.25, 0.3) is 0 Å². The van der Waals surface area contributed by atoms with Crippen LogP contribution >= 0.6 is 7.37 Å². The Labute approximate surface area is 138 Å². The monoisotopic (exact) mass is 364 g/mol. The first kappa shape index (κ1) is 20.3. The van der Waals surface area contributed by atoms with E-state index in [1.54, 1.807) is 12.1 Å². The molecule has 0 aliphatic carbocycles. The molecule has 8 heteroatoms. The predicted octanol–water partition coefficient (Wildman–Crippen LogP) is 2.64. The quantitative estimate of drug-likeness (QED) is 0.535. The van der Waals surface area contributed by atoms with E-state index in [0.29, 0.717) is 6.61 Å². The normalized spacial score (nSPS) is 16.3. The molecule has 0 bridgehead atoms. The molecule has 0 saturated carbocycles. The second kappa shape index (κ2) is 8.40. The molecule has 0 amide bonds. The Kier molecular flexibility index (Phi) is 7.42. The van der Waals surface area contributed by atoms with Crippen molar-refractivity contribution in [2.45, 2.75) is 31.8 Å². The lowest BCUT2D eigenvalue weighted by atomic mass is 10.2. The van der Waals surface area contributed by atoms with E-state index in [1.807, 2.05) is 20.8 Å². The number of aliphatic hydroxyl groups excluding tert-OH is 1. The minimum absolute atomic E-state index is 0.0195. The second-order valence-electron chi connectivity index (χ2n) is 6.09. The Morgan fingerprint density at radius 2 is 1.74 bits per heavy atom. The van der Waals surface area contributed by atoms with Crippen LogP contribution in [0, 0.1) is 12.8 Å². The van der Waals surface area contributed by atoms with Crippen molar-refractivity contribution in [1.82, 2.24) is 0 Å². The molecule has 0 aromatic heterocycles. The van der Waals surface area contributed by atoms with Gasteiger partial charge < -0.3 is 9.63 Å². The Morgan fingerprint density at radius 1 is 1.17 bits per heavy atom. The molecule has 0 radical (unpaired) electrons. The molecular weight excluding hydrogens is 339 g/mol. The standard InChI is InChI=1S/C15H25O6PS/c1-12(2)9-20-22(4,17)11-14(16)10-21-23(18,19)15-7-5-13(3)6-8-15/h5-8,12,14,16H,9-11H2,1-4H3. The minimum Gasteiger partial charge on any atom is -0.390 e. The fourth-order valence-electron chi connectivity index (χ4n) is 1.74. The predicted molar refractivity (Wildman–Crippen MR) is 89.5 cm³/mol. The number of benzene rings is 1. The molecule has 0 saturated heterocycles. The van der Waals surface area contributed by atoms with Crippen molar-refractivity contribution in [3.05, 3.63) is 29.8 Å². The van der Waals surface area contributed by atoms with Crippen molar-refractivity contribution in [3.8, 4) is 0 Å². The molecule has 0 aliphatic rings. The maximum atomic E-state index is 12.2. The summed E-state index contributed by atoms with van der Waals surface area (Å²) in [5.74, 6) is 0.221. The molecule has 6 nitrogen and oxygen atoms in total.